The van der Waals surface area contributed by atoms with Crippen LogP contribution in [0.4, 0.5) is 0 Å². The van der Waals surface area contributed by atoms with Gasteiger partial charge in [0.2, 0.25) is 5.91 Å². The second-order valence-electron chi connectivity index (χ2n) is 5.61. The lowest BCUT2D eigenvalue weighted by atomic mass is 10.2. The van der Waals surface area contributed by atoms with E-state index in [-0.39, 0.29) is 17.7 Å². The molecule has 0 radical (unpaired) electrons. The number of rotatable bonds is 5. The lowest BCUT2D eigenvalue weighted by Crippen LogP contribution is -2.42. The van der Waals surface area contributed by atoms with Gasteiger partial charge in [0.15, 0.2) is 0 Å². The molecule has 0 aliphatic heterocycles. The summed E-state index contributed by atoms with van der Waals surface area (Å²) in [7, 11) is 0. The van der Waals surface area contributed by atoms with Gasteiger partial charge in [-0.2, -0.15) is 0 Å². The predicted octanol–water partition coefficient (Wildman–Crippen LogP) is 2.69. The smallest absolute Gasteiger partial charge is 0.281 e. The summed E-state index contributed by atoms with van der Waals surface area (Å²) < 4.78 is 5.42. The Kier molecular flexibility index (Phi) is 4.80. The molecule has 1 aromatic carbocycles. The average molecular weight is 345 g/mol. The maximum Gasteiger partial charge on any atom is 0.281 e. The zero-order valence-corrected chi connectivity index (χ0v) is 14.4. The Morgan fingerprint density at radius 3 is 2.58 bits per heavy atom. The normalized spacial score (nSPS) is 13.4. The van der Waals surface area contributed by atoms with Crippen LogP contribution in [0.15, 0.2) is 24.3 Å². The molecule has 1 aliphatic rings. The van der Waals surface area contributed by atoms with Gasteiger partial charge in [-0.05, 0) is 51.0 Å². The highest BCUT2D eigenvalue weighted by atomic mass is 32.1. The largest absolute Gasteiger partial charge is 0.494 e. The van der Waals surface area contributed by atoms with Crippen molar-refractivity contribution in [2.24, 2.45) is 5.92 Å². The van der Waals surface area contributed by atoms with Gasteiger partial charge in [0.25, 0.3) is 5.91 Å². The first-order valence-electron chi connectivity index (χ1n) is 7.89. The Bertz CT molecular complexity index is 751. The van der Waals surface area contributed by atoms with E-state index in [1.807, 2.05) is 31.2 Å². The Balaban J connectivity index is 1.69. The van der Waals surface area contributed by atoms with Crippen LogP contribution in [0.25, 0.3) is 10.6 Å². The minimum atomic E-state index is -0.337. The van der Waals surface area contributed by atoms with Gasteiger partial charge in [-0.25, -0.2) is 4.98 Å². The monoisotopic (exact) mass is 345 g/mol. The molecule has 1 fully saturated rings. The zero-order chi connectivity index (χ0) is 17.1. The Morgan fingerprint density at radius 2 is 1.96 bits per heavy atom. The maximum atomic E-state index is 12.2. The minimum Gasteiger partial charge on any atom is -0.494 e. The number of hydrogen-bond acceptors (Lipinski definition) is 5. The second-order valence-corrected chi connectivity index (χ2v) is 6.61. The number of thiazole rings is 1. The van der Waals surface area contributed by atoms with E-state index < -0.39 is 0 Å². The predicted molar refractivity (Wildman–Crippen MR) is 91.8 cm³/mol. The van der Waals surface area contributed by atoms with Crippen molar-refractivity contribution in [3.8, 4) is 16.3 Å². The van der Waals surface area contributed by atoms with E-state index in [0.717, 1.165) is 29.2 Å². The molecule has 0 saturated heterocycles. The highest BCUT2D eigenvalue weighted by Gasteiger charge is 2.30. The third kappa shape index (κ3) is 3.73. The van der Waals surface area contributed by atoms with E-state index >= 15 is 0 Å². The quantitative estimate of drug-likeness (QED) is 0.817. The highest BCUT2D eigenvalue weighted by Crippen LogP contribution is 2.30. The van der Waals surface area contributed by atoms with Crippen molar-refractivity contribution in [1.29, 1.82) is 0 Å². The number of ether oxygens (including phenoxy) is 1. The SMILES string of the molecule is CCOc1ccc(-c2nc(C)c(C(=O)NNC(=O)C3CC3)s2)cc1. The van der Waals surface area contributed by atoms with Crippen LogP contribution in [0.3, 0.4) is 0 Å². The average Bonchev–Trinajstić information content (AvgIpc) is 3.36. The standard InChI is InChI=1S/C17H19N3O3S/c1-3-23-13-8-6-12(7-9-13)17-18-10(2)14(24-17)16(22)20-19-15(21)11-4-5-11/h6-9,11H,3-5H2,1-2H3,(H,19,21)(H,20,22). The number of amides is 2. The van der Waals surface area contributed by atoms with Gasteiger partial charge in [-0.1, -0.05) is 0 Å². The summed E-state index contributed by atoms with van der Waals surface area (Å²) in [4.78, 5) is 28.8. The molecule has 7 heteroatoms. The van der Waals surface area contributed by atoms with Crippen LogP contribution in [0.1, 0.15) is 35.1 Å². The molecule has 2 aromatic rings. The molecular formula is C17H19N3O3S. The third-order valence-electron chi connectivity index (χ3n) is 3.66. The molecular weight excluding hydrogens is 326 g/mol. The van der Waals surface area contributed by atoms with Crippen LogP contribution < -0.4 is 15.6 Å². The highest BCUT2D eigenvalue weighted by molar-refractivity contribution is 7.17. The van der Waals surface area contributed by atoms with Gasteiger partial charge in [-0.15, -0.1) is 11.3 Å². The molecule has 24 heavy (non-hydrogen) atoms. The van der Waals surface area contributed by atoms with Crippen molar-refractivity contribution in [1.82, 2.24) is 15.8 Å². The lowest BCUT2D eigenvalue weighted by molar-refractivity contribution is -0.123. The number of aryl methyl sites for hydroxylation is 1. The first kappa shape index (κ1) is 16.4. The topological polar surface area (TPSA) is 80.3 Å². The number of hydrazine groups is 1. The first-order chi connectivity index (χ1) is 11.6. The summed E-state index contributed by atoms with van der Waals surface area (Å²) in [5.41, 5.74) is 6.49. The van der Waals surface area contributed by atoms with E-state index in [1.165, 1.54) is 11.3 Å². The number of hydrogen-bond donors (Lipinski definition) is 2. The first-order valence-corrected chi connectivity index (χ1v) is 8.71. The molecule has 1 heterocycles. The van der Waals surface area contributed by atoms with E-state index in [1.54, 1.807) is 6.92 Å². The van der Waals surface area contributed by atoms with E-state index in [9.17, 15) is 9.59 Å². The van der Waals surface area contributed by atoms with Gasteiger partial charge < -0.3 is 4.74 Å². The van der Waals surface area contributed by atoms with Crippen LogP contribution in [0.5, 0.6) is 5.75 Å². The van der Waals surface area contributed by atoms with Crippen molar-refractivity contribution >= 4 is 23.2 Å². The van der Waals surface area contributed by atoms with Crippen molar-refractivity contribution in [2.75, 3.05) is 6.61 Å². The number of nitrogens with zero attached hydrogens (tertiary/aromatic N) is 1. The fourth-order valence-electron chi connectivity index (χ4n) is 2.21. The number of benzene rings is 1. The summed E-state index contributed by atoms with van der Waals surface area (Å²) in [6.07, 6.45) is 1.78. The number of carbonyl (C=O) groups is 2. The van der Waals surface area contributed by atoms with Crippen LogP contribution in [0.2, 0.25) is 0 Å². The van der Waals surface area contributed by atoms with Gasteiger partial charge in [0, 0.05) is 11.5 Å². The van der Waals surface area contributed by atoms with Gasteiger partial charge in [0.05, 0.1) is 12.3 Å². The molecule has 0 unspecified atom stereocenters. The Labute approximate surface area is 144 Å². The van der Waals surface area contributed by atoms with Crippen molar-refractivity contribution in [2.45, 2.75) is 26.7 Å². The molecule has 0 spiro atoms. The summed E-state index contributed by atoms with van der Waals surface area (Å²) >= 11 is 1.30. The Morgan fingerprint density at radius 1 is 1.25 bits per heavy atom. The van der Waals surface area contributed by atoms with Crippen LogP contribution >= 0.6 is 11.3 Å². The molecule has 3 rings (SSSR count). The van der Waals surface area contributed by atoms with Gasteiger partial charge >= 0.3 is 0 Å². The van der Waals surface area contributed by atoms with E-state index in [2.05, 4.69) is 15.8 Å². The molecule has 1 aromatic heterocycles. The molecule has 126 valence electrons. The molecule has 1 saturated carbocycles. The van der Waals surface area contributed by atoms with Crippen molar-refractivity contribution in [3.05, 3.63) is 34.8 Å². The molecule has 6 nitrogen and oxygen atoms in total. The van der Waals surface area contributed by atoms with Crippen LogP contribution in [0, 0.1) is 12.8 Å². The third-order valence-corrected chi connectivity index (χ3v) is 4.87. The Hall–Kier alpha value is -2.41. The zero-order valence-electron chi connectivity index (χ0n) is 13.6. The molecule has 1 aliphatic carbocycles. The second kappa shape index (κ2) is 7.00. The molecule has 2 amide bonds. The van der Waals surface area contributed by atoms with E-state index in [0.29, 0.717) is 17.2 Å². The summed E-state index contributed by atoms with van der Waals surface area (Å²) in [5.74, 6) is 0.385. The summed E-state index contributed by atoms with van der Waals surface area (Å²) in [6, 6.07) is 7.59. The molecule has 0 bridgehead atoms. The van der Waals surface area contributed by atoms with Crippen molar-refractivity contribution in [3.63, 3.8) is 0 Å². The molecule has 0 atom stereocenters. The lowest BCUT2D eigenvalue weighted by Gasteiger charge is -2.05. The maximum absolute atomic E-state index is 12.2. The number of aromatic nitrogens is 1. The summed E-state index contributed by atoms with van der Waals surface area (Å²) in [6.45, 7) is 4.34. The fourth-order valence-corrected chi connectivity index (χ4v) is 3.18. The van der Waals surface area contributed by atoms with Crippen LogP contribution in [-0.4, -0.2) is 23.4 Å². The number of nitrogens with one attached hydrogen (secondary N) is 2. The van der Waals surface area contributed by atoms with Gasteiger partial charge in [-0.3, -0.25) is 20.4 Å². The fraction of sp³-hybridized carbons (Fsp3) is 0.353. The van der Waals surface area contributed by atoms with E-state index in [4.69, 9.17) is 4.74 Å². The molecule has 2 N–H and O–H groups in total. The van der Waals surface area contributed by atoms with Crippen LogP contribution in [-0.2, 0) is 4.79 Å². The minimum absolute atomic E-state index is 0.0484. The summed E-state index contributed by atoms with van der Waals surface area (Å²) in [5, 5.41) is 0.759. The number of carbonyl (C=O) groups excluding carboxylic acids is 2. The van der Waals surface area contributed by atoms with Crippen molar-refractivity contribution < 1.29 is 14.3 Å². The van der Waals surface area contributed by atoms with Gasteiger partial charge in [0.1, 0.15) is 15.6 Å².